The lowest BCUT2D eigenvalue weighted by Crippen LogP contribution is -2.38. The van der Waals surface area contributed by atoms with Crippen LogP contribution in [-0.4, -0.2) is 9.55 Å². The molecule has 0 unspecified atom stereocenters. The fourth-order valence-electron chi connectivity index (χ4n) is 3.11. The Morgan fingerprint density at radius 1 is 1.00 bits per heavy atom. The van der Waals surface area contributed by atoms with Crippen LogP contribution in [0.15, 0.2) is 59.4 Å². The van der Waals surface area contributed by atoms with Crippen molar-refractivity contribution in [2.45, 2.75) is 20.4 Å². The number of para-hydroxylation sites is 1. The maximum Gasteiger partial charge on any atom is 0.285 e. The molecule has 25 heavy (non-hydrogen) atoms. The quantitative estimate of drug-likeness (QED) is 0.772. The number of aryl methyl sites for hydroxylation is 2. The van der Waals surface area contributed by atoms with Crippen LogP contribution in [0.2, 0.25) is 0 Å². The minimum absolute atomic E-state index is 0.0924. The van der Waals surface area contributed by atoms with Gasteiger partial charge in [0.15, 0.2) is 11.5 Å². The Morgan fingerprint density at radius 2 is 1.72 bits per heavy atom. The molecule has 126 valence electrons. The normalized spacial score (nSPS) is 12.8. The number of fused-ring (bicyclic) bond motifs is 1. The van der Waals surface area contributed by atoms with Gasteiger partial charge in [0.05, 0.1) is 12.2 Å². The van der Waals surface area contributed by atoms with Crippen LogP contribution >= 0.6 is 0 Å². The highest BCUT2D eigenvalue weighted by Gasteiger charge is 2.26. The third-order valence-corrected chi connectivity index (χ3v) is 4.35. The van der Waals surface area contributed by atoms with E-state index < -0.39 is 0 Å². The first-order chi connectivity index (χ1) is 12.1. The van der Waals surface area contributed by atoms with Crippen molar-refractivity contribution in [1.82, 2.24) is 15.1 Å². The fourth-order valence-corrected chi connectivity index (χ4v) is 3.11. The van der Waals surface area contributed by atoms with Crippen molar-refractivity contribution in [3.8, 4) is 5.69 Å². The second-order valence-electron chi connectivity index (χ2n) is 6.09. The molecule has 0 radical (unpaired) electrons. The molecule has 2 N–H and O–H groups in total. The summed E-state index contributed by atoms with van der Waals surface area (Å²) in [5, 5.41) is 1.80. The molecule has 3 aromatic rings. The highest BCUT2D eigenvalue weighted by Crippen LogP contribution is 2.26. The van der Waals surface area contributed by atoms with Crippen molar-refractivity contribution in [3.63, 3.8) is 0 Å². The van der Waals surface area contributed by atoms with Gasteiger partial charge < -0.3 is 0 Å². The van der Waals surface area contributed by atoms with E-state index in [-0.39, 0.29) is 5.56 Å². The molecule has 2 aromatic carbocycles. The molecule has 1 aromatic heterocycles. The van der Waals surface area contributed by atoms with Gasteiger partial charge in [-0.3, -0.25) is 19.8 Å². The molecule has 0 saturated heterocycles. The van der Waals surface area contributed by atoms with Gasteiger partial charge in [0, 0.05) is 0 Å². The van der Waals surface area contributed by atoms with Crippen molar-refractivity contribution in [3.05, 3.63) is 81.9 Å². The summed E-state index contributed by atoms with van der Waals surface area (Å²) < 4.78 is 1.67. The number of nitrogens with zero attached hydrogens (tertiary/aromatic N) is 3. The molecule has 0 bridgehead atoms. The summed E-state index contributed by atoms with van der Waals surface area (Å²) in [7, 11) is 0. The van der Waals surface area contributed by atoms with Crippen LogP contribution in [0.3, 0.4) is 0 Å². The molecule has 4 rings (SSSR count). The highest BCUT2D eigenvalue weighted by atomic mass is 16.1. The molecular weight excluding hydrogens is 314 g/mol. The lowest BCUT2D eigenvalue weighted by molar-refractivity contribution is 0.719. The highest BCUT2D eigenvalue weighted by molar-refractivity contribution is 5.69. The molecule has 0 saturated carbocycles. The van der Waals surface area contributed by atoms with Crippen molar-refractivity contribution >= 4 is 11.5 Å². The summed E-state index contributed by atoms with van der Waals surface area (Å²) in [5.41, 5.74) is 9.46. The minimum atomic E-state index is -0.0924. The van der Waals surface area contributed by atoms with Crippen molar-refractivity contribution in [1.29, 1.82) is 0 Å². The summed E-state index contributed by atoms with van der Waals surface area (Å²) in [6.45, 7) is 4.40. The van der Waals surface area contributed by atoms with Crippen LogP contribution in [0.5, 0.6) is 0 Å². The fraction of sp³-hybridized carbons (Fsp3) is 0.158. The van der Waals surface area contributed by atoms with E-state index in [1.165, 1.54) is 0 Å². The predicted octanol–water partition coefficient (Wildman–Crippen LogP) is 2.70. The van der Waals surface area contributed by atoms with E-state index in [9.17, 15) is 4.79 Å². The Hall–Kier alpha value is -3.12. The number of hydrogen-bond acceptors (Lipinski definition) is 5. The van der Waals surface area contributed by atoms with E-state index in [1.807, 2.05) is 68.4 Å². The maximum absolute atomic E-state index is 13.2. The third kappa shape index (κ3) is 2.66. The Balaban J connectivity index is 1.82. The number of nitrogens with one attached hydrogen (secondary N) is 2. The van der Waals surface area contributed by atoms with Crippen molar-refractivity contribution in [2.75, 3.05) is 10.4 Å². The van der Waals surface area contributed by atoms with Gasteiger partial charge in [0.1, 0.15) is 5.82 Å². The standard InChI is InChI=1S/C19H19N5O/c1-13-8-6-7-11-16(13)24-14(2)20-18-17(19(24)25)23(22-21-18)12-15-9-4-3-5-10-15/h3-11,21-22H,12H2,1-2H3. The van der Waals surface area contributed by atoms with Crippen LogP contribution in [0, 0.1) is 13.8 Å². The second-order valence-corrected chi connectivity index (χ2v) is 6.09. The summed E-state index contributed by atoms with van der Waals surface area (Å²) in [5.74, 6) is 1.21. The average molecular weight is 333 g/mol. The zero-order valence-corrected chi connectivity index (χ0v) is 14.2. The molecule has 0 fully saturated rings. The zero-order valence-electron chi connectivity index (χ0n) is 14.2. The Labute approximate surface area is 145 Å². The molecule has 0 aliphatic carbocycles. The van der Waals surface area contributed by atoms with Gasteiger partial charge >= 0.3 is 0 Å². The smallest absolute Gasteiger partial charge is 0.285 e. The summed E-state index contributed by atoms with van der Waals surface area (Å²) >= 11 is 0. The molecule has 1 aliphatic heterocycles. The maximum atomic E-state index is 13.2. The Morgan fingerprint density at radius 3 is 2.48 bits per heavy atom. The SMILES string of the molecule is Cc1ccccc1-n1c(C)nc2c(c1=O)N(Cc1ccccc1)NN2. The van der Waals surface area contributed by atoms with E-state index in [2.05, 4.69) is 15.9 Å². The molecule has 1 aliphatic rings. The van der Waals surface area contributed by atoms with Crippen molar-refractivity contribution in [2.24, 2.45) is 0 Å². The van der Waals surface area contributed by atoms with Gasteiger partial charge in [-0.1, -0.05) is 48.5 Å². The average Bonchev–Trinajstić information content (AvgIpc) is 3.00. The molecule has 0 atom stereocenters. The molecule has 6 heteroatoms. The first-order valence-corrected chi connectivity index (χ1v) is 8.18. The number of anilines is 2. The first kappa shape index (κ1) is 15.4. The van der Waals surface area contributed by atoms with E-state index in [4.69, 9.17) is 0 Å². The van der Waals surface area contributed by atoms with Crippen molar-refractivity contribution < 1.29 is 0 Å². The topological polar surface area (TPSA) is 62.2 Å². The van der Waals surface area contributed by atoms with Gasteiger partial charge in [-0.15, -0.1) is 5.53 Å². The van der Waals surface area contributed by atoms with Gasteiger partial charge in [-0.05, 0) is 31.0 Å². The summed E-state index contributed by atoms with van der Waals surface area (Å²) in [4.78, 5) is 17.8. The summed E-state index contributed by atoms with van der Waals surface area (Å²) in [6, 6.07) is 17.8. The minimum Gasteiger partial charge on any atom is -0.286 e. The molecule has 2 heterocycles. The summed E-state index contributed by atoms with van der Waals surface area (Å²) in [6.07, 6.45) is 0. The predicted molar refractivity (Wildman–Crippen MR) is 98.7 cm³/mol. The number of rotatable bonds is 3. The van der Waals surface area contributed by atoms with Crippen LogP contribution < -0.4 is 21.5 Å². The lowest BCUT2D eigenvalue weighted by atomic mass is 10.2. The van der Waals surface area contributed by atoms with Crippen LogP contribution in [0.25, 0.3) is 5.69 Å². The van der Waals surface area contributed by atoms with Gasteiger partial charge in [0.25, 0.3) is 5.56 Å². The Kier molecular flexibility index (Phi) is 3.74. The number of hydrogen-bond donors (Lipinski definition) is 2. The zero-order chi connectivity index (χ0) is 17.4. The molecule has 0 spiro atoms. The van der Waals surface area contributed by atoms with Crippen LogP contribution in [0.1, 0.15) is 17.0 Å². The van der Waals surface area contributed by atoms with Gasteiger partial charge in [0.2, 0.25) is 0 Å². The molecule has 6 nitrogen and oxygen atoms in total. The third-order valence-electron chi connectivity index (χ3n) is 4.35. The van der Waals surface area contributed by atoms with E-state index in [0.717, 1.165) is 16.8 Å². The molecular formula is C19H19N5O. The van der Waals surface area contributed by atoms with Gasteiger partial charge in [-0.25, -0.2) is 4.98 Å². The first-order valence-electron chi connectivity index (χ1n) is 8.18. The van der Waals surface area contributed by atoms with Gasteiger partial charge in [-0.2, -0.15) is 0 Å². The molecule has 0 amide bonds. The lowest BCUT2D eigenvalue weighted by Gasteiger charge is -2.19. The number of aromatic nitrogens is 2. The number of hydrazine groups is 2. The second kappa shape index (κ2) is 6.07. The monoisotopic (exact) mass is 333 g/mol. The van der Waals surface area contributed by atoms with E-state index in [1.54, 1.807) is 9.58 Å². The Bertz CT molecular complexity index is 981. The van der Waals surface area contributed by atoms with E-state index >= 15 is 0 Å². The van der Waals surface area contributed by atoms with Crippen LogP contribution in [-0.2, 0) is 6.54 Å². The number of benzene rings is 2. The largest absolute Gasteiger partial charge is 0.286 e. The van der Waals surface area contributed by atoms with Crippen LogP contribution in [0.4, 0.5) is 11.5 Å². The van der Waals surface area contributed by atoms with E-state index in [0.29, 0.717) is 23.9 Å².